The highest BCUT2D eigenvalue weighted by molar-refractivity contribution is 7.89. The number of methoxy groups -OCH3 is 1. The maximum absolute atomic E-state index is 12.0. The predicted molar refractivity (Wildman–Crippen MR) is 88.1 cm³/mol. The Balaban J connectivity index is 2.11. The van der Waals surface area contributed by atoms with E-state index in [9.17, 15) is 8.42 Å². The summed E-state index contributed by atoms with van der Waals surface area (Å²) in [6.45, 7) is 0.582. The number of hydrogen-bond donors (Lipinski definition) is 1. The second-order valence-electron chi connectivity index (χ2n) is 5.04. The molecule has 2 aromatic carbocycles. The van der Waals surface area contributed by atoms with Gasteiger partial charge in [-0.2, -0.15) is 0 Å². The van der Waals surface area contributed by atoms with Gasteiger partial charge in [-0.05, 0) is 30.8 Å². The third-order valence-corrected chi connectivity index (χ3v) is 5.05. The average Bonchev–Trinajstić information content (AvgIpc) is 2.93. The lowest BCUT2D eigenvalue weighted by Crippen LogP contribution is -2.18. The number of nitrogens with one attached hydrogen (secondary N) is 1. The van der Waals surface area contributed by atoms with Gasteiger partial charge in [0.05, 0.1) is 29.5 Å². The topological polar surface area (TPSA) is 73.2 Å². The van der Waals surface area contributed by atoms with Crippen molar-refractivity contribution in [3.8, 4) is 5.88 Å². The number of sulfonamides is 1. The molecule has 1 aromatic heterocycles. The molecule has 3 rings (SSSR count). The van der Waals surface area contributed by atoms with Crippen LogP contribution in [0.3, 0.4) is 0 Å². The van der Waals surface area contributed by atoms with Gasteiger partial charge in [0, 0.05) is 0 Å². The fourth-order valence-corrected chi connectivity index (χ4v) is 3.20. The summed E-state index contributed by atoms with van der Waals surface area (Å²) in [5, 5.41) is 5.10. The molecule has 0 aliphatic rings. The molecular weight excluding hydrogens is 314 g/mol. The maximum atomic E-state index is 12.0. The van der Waals surface area contributed by atoms with Crippen molar-refractivity contribution >= 4 is 20.9 Å². The van der Waals surface area contributed by atoms with Gasteiger partial charge in [0.25, 0.3) is 0 Å². The Labute approximate surface area is 134 Å². The normalized spacial score (nSPS) is 11.7. The molecule has 0 radical (unpaired) electrons. The highest BCUT2D eigenvalue weighted by atomic mass is 32.2. The van der Waals surface area contributed by atoms with Crippen LogP contribution < -0.4 is 9.46 Å². The molecule has 0 saturated carbocycles. The summed E-state index contributed by atoms with van der Waals surface area (Å²) in [7, 11) is -0.601. The van der Waals surface area contributed by atoms with Crippen LogP contribution in [0.2, 0.25) is 0 Å². The Morgan fingerprint density at radius 1 is 1.17 bits per heavy atom. The largest absolute Gasteiger partial charge is 0.479 e. The van der Waals surface area contributed by atoms with Gasteiger partial charge in [0.1, 0.15) is 0 Å². The molecule has 23 heavy (non-hydrogen) atoms. The minimum absolute atomic E-state index is 0.185. The van der Waals surface area contributed by atoms with Crippen LogP contribution >= 0.6 is 0 Å². The fraction of sp³-hybridized carbons (Fsp3) is 0.188. The number of ether oxygens (including phenoxy) is 1. The highest BCUT2D eigenvalue weighted by Gasteiger charge is 2.17. The molecule has 1 heterocycles. The molecule has 3 aromatic rings. The molecule has 0 amide bonds. The van der Waals surface area contributed by atoms with E-state index in [0.29, 0.717) is 17.8 Å². The smallest absolute Gasteiger partial charge is 0.240 e. The van der Waals surface area contributed by atoms with Crippen LogP contribution in [0.5, 0.6) is 5.88 Å². The van der Waals surface area contributed by atoms with Gasteiger partial charge in [0.15, 0.2) is 0 Å². The first-order valence-electron chi connectivity index (χ1n) is 7.07. The first-order chi connectivity index (χ1) is 11.0. The van der Waals surface area contributed by atoms with Crippen molar-refractivity contribution in [1.29, 1.82) is 0 Å². The second kappa shape index (κ2) is 6.02. The summed E-state index contributed by atoms with van der Waals surface area (Å²) in [6.07, 6.45) is 0. The summed E-state index contributed by atoms with van der Waals surface area (Å²) < 4.78 is 33.3. The van der Waals surface area contributed by atoms with Gasteiger partial charge in [-0.3, -0.25) is 4.68 Å². The number of fused-ring (bicyclic) bond motifs is 1. The maximum Gasteiger partial charge on any atom is 0.240 e. The van der Waals surface area contributed by atoms with Gasteiger partial charge in [0.2, 0.25) is 15.9 Å². The predicted octanol–water partition coefficient (Wildman–Crippen LogP) is 2.00. The zero-order valence-electron chi connectivity index (χ0n) is 12.9. The standard InChI is InChI=1S/C16H17N3O3S/c1-17-23(20,21)13-8-9-15-14(10-13)16(22-2)18-19(15)11-12-6-4-3-5-7-12/h3-10,17H,11H2,1-2H3. The van der Waals surface area contributed by atoms with Crippen molar-refractivity contribution in [3.63, 3.8) is 0 Å². The van der Waals surface area contributed by atoms with Crippen molar-refractivity contribution in [2.24, 2.45) is 0 Å². The van der Waals surface area contributed by atoms with E-state index in [0.717, 1.165) is 11.1 Å². The number of rotatable bonds is 5. The van der Waals surface area contributed by atoms with Crippen LogP contribution in [0.25, 0.3) is 10.9 Å². The summed E-state index contributed by atoms with van der Waals surface area (Å²) in [5.41, 5.74) is 1.92. The molecule has 0 aliphatic carbocycles. The molecule has 6 nitrogen and oxygen atoms in total. The fourth-order valence-electron chi connectivity index (χ4n) is 2.44. The van der Waals surface area contributed by atoms with E-state index in [1.807, 2.05) is 30.3 Å². The SMILES string of the molecule is CNS(=O)(=O)c1ccc2c(c1)c(OC)nn2Cc1ccccc1. The third kappa shape index (κ3) is 2.93. The van der Waals surface area contributed by atoms with Gasteiger partial charge in [-0.25, -0.2) is 13.1 Å². The van der Waals surface area contributed by atoms with Gasteiger partial charge in [-0.1, -0.05) is 30.3 Å². The summed E-state index contributed by atoms with van der Waals surface area (Å²) >= 11 is 0. The van der Waals surface area contributed by atoms with Gasteiger partial charge < -0.3 is 4.74 Å². The molecule has 7 heteroatoms. The number of nitrogens with zero attached hydrogens (tertiary/aromatic N) is 2. The zero-order valence-corrected chi connectivity index (χ0v) is 13.7. The van der Waals surface area contributed by atoms with Crippen LogP contribution in [0.1, 0.15) is 5.56 Å². The van der Waals surface area contributed by atoms with Crippen LogP contribution in [0, 0.1) is 0 Å². The van der Waals surface area contributed by atoms with Crippen LogP contribution in [-0.4, -0.2) is 32.4 Å². The Bertz CT molecular complexity index is 934. The highest BCUT2D eigenvalue weighted by Crippen LogP contribution is 2.28. The third-order valence-electron chi connectivity index (χ3n) is 3.64. The number of benzene rings is 2. The molecule has 0 aliphatic heterocycles. The van der Waals surface area contributed by atoms with E-state index in [-0.39, 0.29) is 4.90 Å². The Hall–Kier alpha value is -2.38. The molecule has 0 spiro atoms. The van der Waals surface area contributed by atoms with E-state index < -0.39 is 10.0 Å². The van der Waals surface area contributed by atoms with Crippen LogP contribution in [-0.2, 0) is 16.6 Å². The summed E-state index contributed by atoms with van der Waals surface area (Å²) in [4.78, 5) is 0.185. The van der Waals surface area contributed by atoms with Crippen molar-refractivity contribution in [2.45, 2.75) is 11.4 Å². The van der Waals surface area contributed by atoms with E-state index >= 15 is 0 Å². The Kier molecular flexibility index (Phi) is 4.06. The minimum Gasteiger partial charge on any atom is -0.479 e. The molecule has 120 valence electrons. The van der Waals surface area contributed by atoms with E-state index in [2.05, 4.69) is 9.82 Å². The molecule has 1 N–H and O–H groups in total. The van der Waals surface area contributed by atoms with Crippen molar-refractivity contribution in [2.75, 3.05) is 14.2 Å². The van der Waals surface area contributed by atoms with Crippen molar-refractivity contribution in [1.82, 2.24) is 14.5 Å². The first-order valence-corrected chi connectivity index (χ1v) is 8.55. The van der Waals surface area contributed by atoms with E-state index in [1.54, 1.807) is 22.9 Å². The monoisotopic (exact) mass is 331 g/mol. The van der Waals surface area contributed by atoms with E-state index in [4.69, 9.17) is 4.74 Å². The molecule has 0 atom stereocenters. The lowest BCUT2D eigenvalue weighted by molar-refractivity contribution is 0.394. The van der Waals surface area contributed by atoms with Crippen LogP contribution in [0.15, 0.2) is 53.4 Å². The minimum atomic E-state index is -3.51. The first kappa shape index (κ1) is 15.5. The molecule has 0 fully saturated rings. The number of hydrogen-bond acceptors (Lipinski definition) is 4. The molecule has 0 bridgehead atoms. The lowest BCUT2D eigenvalue weighted by Gasteiger charge is -2.05. The lowest BCUT2D eigenvalue weighted by atomic mass is 10.2. The summed E-state index contributed by atoms with van der Waals surface area (Å²) in [5.74, 6) is 0.407. The molecular formula is C16H17N3O3S. The molecule has 0 saturated heterocycles. The number of aromatic nitrogens is 2. The average molecular weight is 331 g/mol. The van der Waals surface area contributed by atoms with E-state index in [1.165, 1.54) is 14.2 Å². The zero-order chi connectivity index (χ0) is 16.4. The van der Waals surface area contributed by atoms with Crippen molar-refractivity contribution < 1.29 is 13.2 Å². The van der Waals surface area contributed by atoms with Gasteiger partial charge in [-0.15, -0.1) is 5.10 Å². The van der Waals surface area contributed by atoms with Crippen molar-refractivity contribution in [3.05, 3.63) is 54.1 Å². The molecule has 0 unspecified atom stereocenters. The van der Waals surface area contributed by atoms with Gasteiger partial charge >= 0.3 is 0 Å². The summed E-state index contributed by atoms with van der Waals surface area (Å²) in [6, 6.07) is 14.8. The second-order valence-corrected chi connectivity index (χ2v) is 6.93. The quantitative estimate of drug-likeness (QED) is 0.776. The van der Waals surface area contributed by atoms with Crippen LogP contribution in [0.4, 0.5) is 0 Å². The Morgan fingerprint density at radius 3 is 2.57 bits per heavy atom. The Morgan fingerprint density at radius 2 is 1.91 bits per heavy atom.